The minimum absolute atomic E-state index is 0.505. The molecule has 0 aliphatic heterocycles. The molecule has 0 bridgehead atoms. The van der Waals surface area contributed by atoms with E-state index in [1.54, 1.807) is 0 Å². The van der Waals surface area contributed by atoms with Crippen LogP contribution in [-0.4, -0.2) is 5.25 Å². The number of hydrogen-bond acceptors (Lipinski definition) is 1. The van der Waals surface area contributed by atoms with E-state index in [9.17, 15) is 0 Å². The van der Waals surface area contributed by atoms with Crippen LogP contribution < -0.4 is 0 Å². The zero-order chi connectivity index (χ0) is 12.3. The summed E-state index contributed by atoms with van der Waals surface area (Å²) < 4.78 is 0. The summed E-state index contributed by atoms with van der Waals surface area (Å²) >= 11 is 4.69. The van der Waals surface area contributed by atoms with Gasteiger partial charge in [-0.1, -0.05) is 82.1 Å². The molecule has 0 radical (unpaired) electrons. The van der Waals surface area contributed by atoms with Gasteiger partial charge < -0.3 is 0 Å². The third-order valence-electron chi connectivity index (χ3n) is 3.56. The Morgan fingerprint density at radius 2 is 1.71 bits per heavy atom. The van der Waals surface area contributed by atoms with Crippen molar-refractivity contribution in [1.29, 1.82) is 0 Å². The van der Waals surface area contributed by atoms with Crippen LogP contribution in [0.5, 0.6) is 0 Å². The molecule has 98 valence electrons. The number of rotatable bonds is 10. The average molecular weight is 252 g/mol. The lowest BCUT2D eigenvalue weighted by Gasteiger charge is -2.11. The topological polar surface area (TPSA) is 0 Å². The first-order chi connectivity index (χ1) is 8.34. The molecular weight excluding hydrogens is 224 g/mol. The number of allylic oxidation sites excluding steroid dienone is 3. The Hall–Kier alpha value is -0.170. The highest BCUT2D eigenvalue weighted by molar-refractivity contribution is 7.81. The molecule has 0 saturated heterocycles. The summed E-state index contributed by atoms with van der Waals surface area (Å²) in [6, 6.07) is 0. The molecular formula is C16H28S. The van der Waals surface area contributed by atoms with E-state index in [2.05, 4.69) is 37.8 Å². The second-order valence-corrected chi connectivity index (χ2v) is 5.78. The van der Waals surface area contributed by atoms with Gasteiger partial charge in [-0.05, 0) is 12.8 Å². The molecule has 1 aliphatic rings. The SMILES string of the molecule is CCCCCCCCCCC(S)C1=CC=CC1. The van der Waals surface area contributed by atoms with Crippen LogP contribution >= 0.6 is 12.6 Å². The third-order valence-corrected chi connectivity index (χ3v) is 4.15. The van der Waals surface area contributed by atoms with E-state index in [1.807, 2.05) is 0 Å². The van der Waals surface area contributed by atoms with Crippen molar-refractivity contribution in [3.8, 4) is 0 Å². The maximum atomic E-state index is 4.69. The Kier molecular flexibility index (Phi) is 8.60. The van der Waals surface area contributed by atoms with Gasteiger partial charge in [-0.2, -0.15) is 12.6 Å². The lowest BCUT2D eigenvalue weighted by molar-refractivity contribution is 0.566. The van der Waals surface area contributed by atoms with E-state index < -0.39 is 0 Å². The minimum Gasteiger partial charge on any atom is -0.171 e. The Morgan fingerprint density at radius 3 is 2.29 bits per heavy atom. The quantitative estimate of drug-likeness (QED) is 0.374. The lowest BCUT2D eigenvalue weighted by atomic mass is 10.0. The van der Waals surface area contributed by atoms with Crippen LogP contribution in [0.25, 0.3) is 0 Å². The molecule has 0 nitrogen and oxygen atoms in total. The largest absolute Gasteiger partial charge is 0.171 e. The van der Waals surface area contributed by atoms with Gasteiger partial charge in [-0.3, -0.25) is 0 Å². The fraction of sp³-hybridized carbons (Fsp3) is 0.750. The summed E-state index contributed by atoms with van der Waals surface area (Å²) in [6.45, 7) is 2.28. The van der Waals surface area contributed by atoms with E-state index in [-0.39, 0.29) is 0 Å². The van der Waals surface area contributed by atoms with E-state index in [0.717, 1.165) is 6.42 Å². The summed E-state index contributed by atoms with van der Waals surface area (Å²) in [5, 5.41) is 0.505. The fourth-order valence-corrected chi connectivity index (χ4v) is 2.74. The van der Waals surface area contributed by atoms with E-state index in [4.69, 9.17) is 0 Å². The molecule has 1 atom stereocenters. The molecule has 0 aromatic rings. The molecule has 17 heavy (non-hydrogen) atoms. The van der Waals surface area contributed by atoms with E-state index in [1.165, 1.54) is 63.4 Å². The second-order valence-electron chi connectivity index (χ2n) is 5.15. The maximum absolute atomic E-state index is 4.69. The van der Waals surface area contributed by atoms with Crippen LogP contribution in [0.15, 0.2) is 23.8 Å². The lowest BCUT2D eigenvalue weighted by Crippen LogP contribution is -2.01. The summed E-state index contributed by atoms with van der Waals surface area (Å²) in [5.74, 6) is 0. The molecule has 0 saturated carbocycles. The normalized spacial score (nSPS) is 16.2. The van der Waals surface area contributed by atoms with Crippen molar-refractivity contribution >= 4 is 12.6 Å². The molecule has 0 aromatic carbocycles. The van der Waals surface area contributed by atoms with Gasteiger partial charge in [0.25, 0.3) is 0 Å². The smallest absolute Gasteiger partial charge is 0.0232 e. The monoisotopic (exact) mass is 252 g/mol. The first-order valence-corrected chi connectivity index (χ1v) is 7.90. The van der Waals surface area contributed by atoms with Crippen LogP contribution in [0, 0.1) is 0 Å². The zero-order valence-corrected chi connectivity index (χ0v) is 12.2. The minimum atomic E-state index is 0.505. The Bertz CT molecular complexity index is 240. The van der Waals surface area contributed by atoms with Crippen LogP contribution in [0.3, 0.4) is 0 Å². The predicted molar refractivity (Wildman–Crippen MR) is 81.8 cm³/mol. The Balaban J connectivity index is 1.87. The van der Waals surface area contributed by atoms with Crippen molar-refractivity contribution in [2.45, 2.75) is 76.4 Å². The molecule has 0 aromatic heterocycles. The van der Waals surface area contributed by atoms with Gasteiger partial charge in [0.1, 0.15) is 0 Å². The second kappa shape index (κ2) is 9.82. The molecule has 0 amide bonds. The van der Waals surface area contributed by atoms with Crippen molar-refractivity contribution in [3.05, 3.63) is 23.8 Å². The first-order valence-electron chi connectivity index (χ1n) is 7.38. The van der Waals surface area contributed by atoms with E-state index >= 15 is 0 Å². The molecule has 0 fully saturated rings. The van der Waals surface area contributed by atoms with Crippen molar-refractivity contribution in [3.63, 3.8) is 0 Å². The summed E-state index contributed by atoms with van der Waals surface area (Å²) in [5.41, 5.74) is 1.51. The molecule has 1 rings (SSSR count). The van der Waals surface area contributed by atoms with Crippen LogP contribution in [0.2, 0.25) is 0 Å². The van der Waals surface area contributed by atoms with Crippen LogP contribution in [0.1, 0.15) is 71.1 Å². The maximum Gasteiger partial charge on any atom is 0.0232 e. The van der Waals surface area contributed by atoms with Gasteiger partial charge in [0.05, 0.1) is 0 Å². The van der Waals surface area contributed by atoms with Gasteiger partial charge in [0.2, 0.25) is 0 Å². The summed E-state index contributed by atoms with van der Waals surface area (Å²) in [7, 11) is 0. The van der Waals surface area contributed by atoms with Gasteiger partial charge in [-0.15, -0.1) is 0 Å². The third kappa shape index (κ3) is 6.98. The fourth-order valence-electron chi connectivity index (χ4n) is 2.37. The van der Waals surface area contributed by atoms with E-state index in [0.29, 0.717) is 5.25 Å². The van der Waals surface area contributed by atoms with Crippen molar-refractivity contribution in [1.82, 2.24) is 0 Å². The van der Waals surface area contributed by atoms with Crippen molar-refractivity contribution in [2.75, 3.05) is 0 Å². The molecule has 1 heteroatoms. The molecule has 0 N–H and O–H groups in total. The predicted octanol–water partition coefficient (Wildman–Crippen LogP) is 5.70. The number of thiol groups is 1. The molecule has 0 spiro atoms. The Morgan fingerprint density at radius 1 is 1.06 bits per heavy atom. The highest BCUT2D eigenvalue weighted by Crippen LogP contribution is 2.23. The Labute approximate surface area is 113 Å². The average Bonchev–Trinajstić information content (AvgIpc) is 2.86. The van der Waals surface area contributed by atoms with Gasteiger partial charge >= 0.3 is 0 Å². The number of unbranched alkanes of at least 4 members (excludes halogenated alkanes) is 7. The summed E-state index contributed by atoms with van der Waals surface area (Å²) in [6.07, 6.45) is 20.2. The van der Waals surface area contributed by atoms with Gasteiger partial charge in [0, 0.05) is 5.25 Å². The van der Waals surface area contributed by atoms with Crippen molar-refractivity contribution in [2.24, 2.45) is 0 Å². The van der Waals surface area contributed by atoms with Gasteiger partial charge in [0.15, 0.2) is 0 Å². The standard InChI is InChI=1S/C16H28S/c1-2-3-4-5-6-7-8-9-14-16(17)15-12-10-11-13-15/h10-12,16-17H,2-9,13-14H2,1H3. The van der Waals surface area contributed by atoms with Crippen molar-refractivity contribution < 1.29 is 0 Å². The molecule has 1 aliphatic carbocycles. The first kappa shape index (κ1) is 14.9. The number of hydrogen-bond donors (Lipinski definition) is 1. The molecule has 0 heterocycles. The molecule has 1 unspecified atom stereocenters. The van der Waals surface area contributed by atoms with Crippen LogP contribution in [-0.2, 0) is 0 Å². The van der Waals surface area contributed by atoms with Crippen LogP contribution in [0.4, 0.5) is 0 Å². The summed E-state index contributed by atoms with van der Waals surface area (Å²) in [4.78, 5) is 0. The highest BCUT2D eigenvalue weighted by Gasteiger charge is 2.09. The van der Waals surface area contributed by atoms with Gasteiger partial charge in [-0.25, -0.2) is 0 Å². The zero-order valence-electron chi connectivity index (χ0n) is 11.3. The highest BCUT2D eigenvalue weighted by atomic mass is 32.1.